The van der Waals surface area contributed by atoms with Gasteiger partial charge in [-0.15, -0.1) is 0 Å². The van der Waals surface area contributed by atoms with Crippen LogP contribution in [0.4, 0.5) is 5.69 Å². The van der Waals surface area contributed by atoms with Gasteiger partial charge in [0.25, 0.3) is 0 Å². The van der Waals surface area contributed by atoms with E-state index in [-0.39, 0.29) is 24.0 Å². The number of rotatable bonds is 7. The summed E-state index contributed by atoms with van der Waals surface area (Å²) in [5, 5.41) is 27.1. The Balaban J connectivity index is 2.04. The molecular formula is C19H20N4O6. The van der Waals surface area contributed by atoms with Crippen molar-refractivity contribution in [3.8, 4) is 11.5 Å². The van der Waals surface area contributed by atoms with Crippen LogP contribution in [-0.2, 0) is 9.59 Å². The molecule has 0 spiro atoms. The fourth-order valence-electron chi connectivity index (χ4n) is 2.40. The van der Waals surface area contributed by atoms with E-state index in [2.05, 4.69) is 10.4 Å². The summed E-state index contributed by atoms with van der Waals surface area (Å²) in [6, 6.07) is 11.1. The zero-order valence-corrected chi connectivity index (χ0v) is 15.8. The molecule has 2 aromatic rings. The first-order chi connectivity index (χ1) is 13.8. The Morgan fingerprint density at radius 2 is 1.97 bits per heavy atom. The third-order valence-electron chi connectivity index (χ3n) is 3.81. The molecule has 0 saturated carbocycles. The van der Waals surface area contributed by atoms with Gasteiger partial charge in [0, 0.05) is 11.6 Å². The number of nitro benzene ring substituents is 1. The monoisotopic (exact) mass is 400 g/mol. The number of phenolic OH excluding ortho intramolecular Hbond substituents is 1. The zero-order chi connectivity index (χ0) is 21.4. The van der Waals surface area contributed by atoms with E-state index in [4.69, 9.17) is 4.74 Å². The molecule has 0 aliphatic rings. The van der Waals surface area contributed by atoms with Crippen molar-refractivity contribution in [2.45, 2.75) is 19.9 Å². The number of carbonyl (C=O) groups excluding carboxylic acids is 2. The van der Waals surface area contributed by atoms with Crippen molar-refractivity contribution in [2.24, 2.45) is 5.10 Å². The number of carbonyl (C=O) groups is 2. The summed E-state index contributed by atoms with van der Waals surface area (Å²) < 4.78 is 5.15. The summed E-state index contributed by atoms with van der Waals surface area (Å²) in [5.41, 5.74) is 2.50. The van der Waals surface area contributed by atoms with Crippen molar-refractivity contribution >= 4 is 23.7 Å². The normalized spacial score (nSPS) is 11.7. The second-order valence-corrected chi connectivity index (χ2v) is 5.88. The maximum absolute atomic E-state index is 12.0. The van der Waals surface area contributed by atoms with Gasteiger partial charge in [0.15, 0.2) is 5.75 Å². The first kappa shape index (κ1) is 21.4. The maximum Gasteiger partial charge on any atom is 0.329 e. The minimum absolute atomic E-state index is 0.0936. The quantitative estimate of drug-likeness (QED) is 0.281. The van der Waals surface area contributed by atoms with Crippen molar-refractivity contribution in [2.75, 3.05) is 6.61 Å². The molecule has 0 unspecified atom stereocenters. The third kappa shape index (κ3) is 5.76. The molecule has 0 aliphatic carbocycles. The van der Waals surface area contributed by atoms with Crippen LogP contribution in [0.2, 0.25) is 0 Å². The van der Waals surface area contributed by atoms with E-state index in [1.165, 1.54) is 6.07 Å². The topological polar surface area (TPSA) is 143 Å². The second-order valence-electron chi connectivity index (χ2n) is 5.88. The molecule has 0 heterocycles. The maximum atomic E-state index is 12.0. The van der Waals surface area contributed by atoms with Crippen molar-refractivity contribution in [3.05, 3.63) is 63.7 Å². The molecule has 29 heavy (non-hydrogen) atoms. The molecule has 0 aromatic heterocycles. The van der Waals surface area contributed by atoms with Crippen LogP contribution < -0.4 is 15.5 Å². The van der Waals surface area contributed by atoms with Crippen molar-refractivity contribution < 1.29 is 24.4 Å². The summed E-state index contributed by atoms with van der Waals surface area (Å²) in [4.78, 5) is 34.1. The highest BCUT2D eigenvalue weighted by atomic mass is 16.6. The van der Waals surface area contributed by atoms with Crippen molar-refractivity contribution in [3.63, 3.8) is 0 Å². The van der Waals surface area contributed by atoms with E-state index in [1.54, 1.807) is 13.8 Å². The molecule has 2 rings (SSSR count). The highest BCUT2D eigenvalue weighted by molar-refractivity contribution is 6.35. The summed E-state index contributed by atoms with van der Waals surface area (Å²) in [6.45, 7) is 3.57. The van der Waals surface area contributed by atoms with Gasteiger partial charge in [0.1, 0.15) is 0 Å². The van der Waals surface area contributed by atoms with Gasteiger partial charge in [-0.1, -0.05) is 30.3 Å². The van der Waals surface area contributed by atoms with Gasteiger partial charge in [-0.25, -0.2) is 5.43 Å². The lowest BCUT2D eigenvalue weighted by molar-refractivity contribution is -0.386. The average Bonchev–Trinajstić information content (AvgIpc) is 2.70. The largest absolute Gasteiger partial charge is 0.500 e. The summed E-state index contributed by atoms with van der Waals surface area (Å²) in [5.74, 6) is -2.58. The van der Waals surface area contributed by atoms with Crippen LogP contribution in [0.5, 0.6) is 11.5 Å². The fraction of sp³-hybridized carbons (Fsp3) is 0.211. The van der Waals surface area contributed by atoms with Gasteiger partial charge in [0.05, 0.1) is 23.8 Å². The zero-order valence-electron chi connectivity index (χ0n) is 15.8. The molecule has 3 N–H and O–H groups in total. The van der Waals surface area contributed by atoms with Gasteiger partial charge in [-0.2, -0.15) is 5.10 Å². The number of hydrogen-bond acceptors (Lipinski definition) is 7. The van der Waals surface area contributed by atoms with Gasteiger partial charge in [0.2, 0.25) is 5.75 Å². The van der Waals surface area contributed by atoms with Gasteiger partial charge in [-0.3, -0.25) is 19.7 Å². The molecule has 152 valence electrons. The number of ether oxygens (including phenoxy) is 1. The number of hydrazone groups is 1. The fourth-order valence-corrected chi connectivity index (χ4v) is 2.40. The molecule has 2 amide bonds. The highest BCUT2D eigenvalue weighted by Gasteiger charge is 2.20. The number of phenols is 1. The lowest BCUT2D eigenvalue weighted by Gasteiger charge is -2.13. The van der Waals surface area contributed by atoms with E-state index in [9.17, 15) is 24.8 Å². The summed E-state index contributed by atoms with van der Waals surface area (Å²) >= 11 is 0. The number of benzene rings is 2. The van der Waals surface area contributed by atoms with Crippen LogP contribution in [0.1, 0.15) is 31.0 Å². The average molecular weight is 400 g/mol. The predicted octanol–water partition coefficient (Wildman–Crippen LogP) is 2.03. The predicted molar refractivity (Wildman–Crippen MR) is 105 cm³/mol. The number of nitrogens with one attached hydrogen (secondary N) is 2. The number of aromatic hydroxyl groups is 1. The Kier molecular flexibility index (Phi) is 7.24. The van der Waals surface area contributed by atoms with Crippen molar-refractivity contribution in [1.82, 2.24) is 10.7 Å². The van der Waals surface area contributed by atoms with Gasteiger partial charge >= 0.3 is 17.5 Å². The smallest absolute Gasteiger partial charge is 0.329 e. The Bertz CT molecular complexity index is 930. The Hall–Kier alpha value is -3.95. The molecule has 10 heteroatoms. The molecule has 2 aromatic carbocycles. The molecule has 0 aliphatic heterocycles. The van der Waals surface area contributed by atoms with Gasteiger partial charge < -0.3 is 15.2 Å². The van der Waals surface area contributed by atoms with E-state index < -0.39 is 28.2 Å². The summed E-state index contributed by atoms with van der Waals surface area (Å²) in [6.07, 6.45) is 1.10. The highest BCUT2D eigenvalue weighted by Crippen LogP contribution is 2.36. The molecule has 1 atom stereocenters. The third-order valence-corrected chi connectivity index (χ3v) is 3.81. The second kappa shape index (κ2) is 9.83. The standard InChI is InChI=1S/C19H20N4O6/c1-3-29-16-10-13(9-15(17(16)24)23(27)28)11-20-22-19(26)18(25)21-12(2)14-7-5-4-6-8-14/h4-12,24H,3H2,1-2H3,(H,21,25)(H,22,26)/b20-11+/t12-/m1/s1. The van der Waals surface area contributed by atoms with E-state index in [0.717, 1.165) is 17.8 Å². The number of nitrogens with zero attached hydrogens (tertiary/aromatic N) is 2. The van der Waals surface area contributed by atoms with Crippen LogP contribution >= 0.6 is 0 Å². The van der Waals surface area contributed by atoms with Gasteiger partial charge in [-0.05, 0) is 25.5 Å². The first-order valence-electron chi connectivity index (χ1n) is 8.66. The number of amides is 2. The van der Waals surface area contributed by atoms with E-state index in [0.29, 0.717) is 0 Å². The summed E-state index contributed by atoms with van der Waals surface area (Å²) in [7, 11) is 0. The first-order valence-corrected chi connectivity index (χ1v) is 8.66. The number of nitro groups is 1. The van der Waals surface area contributed by atoms with Crippen LogP contribution in [0, 0.1) is 10.1 Å². The van der Waals surface area contributed by atoms with E-state index in [1.807, 2.05) is 35.8 Å². The molecular weight excluding hydrogens is 380 g/mol. The Morgan fingerprint density at radius 1 is 1.28 bits per heavy atom. The Labute approximate surface area is 166 Å². The molecule has 0 saturated heterocycles. The lowest BCUT2D eigenvalue weighted by atomic mass is 10.1. The Morgan fingerprint density at radius 3 is 2.59 bits per heavy atom. The molecule has 10 nitrogen and oxygen atoms in total. The lowest BCUT2D eigenvalue weighted by Crippen LogP contribution is -2.39. The van der Waals surface area contributed by atoms with E-state index >= 15 is 0 Å². The minimum Gasteiger partial charge on any atom is -0.500 e. The molecule has 0 fully saturated rings. The minimum atomic E-state index is -0.998. The SMILES string of the molecule is CCOc1cc(/C=N/NC(=O)C(=O)N[C@H](C)c2ccccc2)cc([N+](=O)[O-])c1O. The van der Waals surface area contributed by atoms with Crippen LogP contribution in [-0.4, -0.2) is 34.7 Å². The van der Waals surface area contributed by atoms with Crippen LogP contribution in [0.25, 0.3) is 0 Å². The van der Waals surface area contributed by atoms with Crippen LogP contribution in [0.15, 0.2) is 47.6 Å². The van der Waals surface area contributed by atoms with Crippen molar-refractivity contribution in [1.29, 1.82) is 0 Å². The molecule has 0 bridgehead atoms. The van der Waals surface area contributed by atoms with Crippen LogP contribution in [0.3, 0.4) is 0 Å². The molecule has 0 radical (unpaired) electrons. The number of hydrogen-bond donors (Lipinski definition) is 3.